The zero-order valence-corrected chi connectivity index (χ0v) is 19.9. The molecule has 31 heavy (non-hydrogen) atoms. The molecule has 1 amide bonds. The Morgan fingerprint density at radius 3 is 2.39 bits per heavy atom. The van der Waals surface area contributed by atoms with E-state index in [1.54, 1.807) is 6.07 Å². The van der Waals surface area contributed by atoms with Gasteiger partial charge in [0.05, 0.1) is 30.0 Å². The van der Waals surface area contributed by atoms with Crippen LogP contribution in [0.5, 0.6) is 0 Å². The third kappa shape index (κ3) is 5.15. The maximum Gasteiger partial charge on any atom is 0.256 e. The van der Waals surface area contributed by atoms with Gasteiger partial charge in [-0.3, -0.25) is 4.79 Å². The Kier molecular flexibility index (Phi) is 6.60. The number of rotatable bonds is 5. The third-order valence-corrected chi connectivity index (χ3v) is 5.86. The van der Waals surface area contributed by atoms with E-state index in [1.807, 2.05) is 50.3 Å². The number of β-amino-alcohol motifs (C(OH)–C–C–N with tert-alkyl or cyclic N) is 1. The second kappa shape index (κ2) is 8.59. The number of nitrogens with zero attached hydrogens (tertiary/aromatic N) is 1. The van der Waals surface area contributed by atoms with Gasteiger partial charge in [0.1, 0.15) is 11.4 Å². The van der Waals surface area contributed by atoms with Gasteiger partial charge in [0.25, 0.3) is 5.91 Å². The normalized spacial score (nSPS) is 16.6. The minimum atomic E-state index is -1.28. The number of hydrogen-bond donors (Lipinski definition) is 3. The van der Waals surface area contributed by atoms with Crippen LogP contribution in [0.1, 0.15) is 38.1 Å². The van der Waals surface area contributed by atoms with E-state index in [4.69, 9.17) is 0 Å². The van der Waals surface area contributed by atoms with Crippen molar-refractivity contribution in [2.24, 2.45) is 0 Å². The van der Waals surface area contributed by atoms with E-state index < -0.39 is 34.6 Å². The molecule has 1 aliphatic heterocycles. The first-order valence-corrected chi connectivity index (χ1v) is 10.9. The average molecular weight is 547 g/mol. The molecule has 5 nitrogen and oxygen atoms in total. The monoisotopic (exact) mass is 547 g/mol. The number of anilines is 2. The summed E-state index contributed by atoms with van der Waals surface area (Å²) in [5.74, 6) is -3.68. The fraction of sp³-hybridized carbons (Fsp3) is 0.409. The molecule has 1 atom stereocenters. The Morgan fingerprint density at radius 1 is 1.16 bits per heavy atom. The number of benzene rings is 2. The highest BCUT2D eigenvalue weighted by molar-refractivity contribution is 14.1. The lowest BCUT2D eigenvalue weighted by Crippen LogP contribution is -2.72. The van der Waals surface area contributed by atoms with Gasteiger partial charge in [0.15, 0.2) is 11.6 Å². The van der Waals surface area contributed by atoms with Gasteiger partial charge in [-0.05, 0) is 80.6 Å². The van der Waals surface area contributed by atoms with E-state index in [-0.39, 0.29) is 35.9 Å². The third-order valence-electron chi connectivity index (χ3n) is 5.19. The molecule has 1 heterocycles. The van der Waals surface area contributed by atoms with Crippen LogP contribution in [-0.4, -0.2) is 46.2 Å². The van der Waals surface area contributed by atoms with Crippen LogP contribution in [-0.2, 0) is 0 Å². The Balaban J connectivity index is 1.83. The van der Waals surface area contributed by atoms with Crippen LogP contribution in [0.4, 0.5) is 24.5 Å². The molecule has 0 saturated carbocycles. The van der Waals surface area contributed by atoms with E-state index in [1.165, 1.54) is 17.0 Å². The summed E-state index contributed by atoms with van der Waals surface area (Å²) < 4.78 is 43.3. The number of likely N-dealkylation sites (tertiary alicyclic amines) is 1. The molecular formula is C22H25F3IN3O2. The zero-order chi connectivity index (χ0) is 23.1. The van der Waals surface area contributed by atoms with Crippen molar-refractivity contribution in [2.75, 3.05) is 18.4 Å². The summed E-state index contributed by atoms with van der Waals surface area (Å²) in [7, 11) is 0. The Hall–Kier alpha value is -1.85. The van der Waals surface area contributed by atoms with Gasteiger partial charge in [0.2, 0.25) is 0 Å². The summed E-state index contributed by atoms with van der Waals surface area (Å²) in [4.78, 5) is 14.4. The topological polar surface area (TPSA) is 64.6 Å². The summed E-state index contributed by atoms with van der Waals surface area (Å²) in [5, 5.41) is 16.6. The lowest BCUT2D eigenvalue weighted by Gasteiger charge is -2.51. The first-order chi connectivity index (χ1) is 14.3. The Bertz CT molecular complexity index is 1000. The van der Waals surface area contributed by atoms with Gasteiger partial charge in [-0.1, -0.05) is 0 Å². The molecule has 0 aromatic heterocycles. The van der Waals surface area contributed by atoms with E-state index in [0.717, 1.165) is 12.1 Å². The van der Waals surface area contributed by atoms with E-state index in [0.29, 0.717) is 3.57 Å². The second-order valence-electron chi connectivity index (χ2n) is 8.91. The Morgan fingerprint density at radius 2 is 1.81 bits per heavy atom. The van der Waals surface area contributed by atoms with Gasteiger partial charge in [-0.15, -0.1) is 0 Å². The smallest absolute Gasteiger partial charge is 0.256 e. The molecule has 9 heteroatoms. The van der Waals surface area contributed by atoms with Crippen molar-refractivity contribution in [3.05, 3.63) is 56.9 Å². The number of carbonyl (C=O) groups is 1. The number of aliphatic hydroxyl groups is 1. The van der Waals surface area contributed by atoms with Gasteiger partial charge in [-0.2, -0.15) is 0 Å². The van der Waals surface area contributed by atoms with Gasteiger partial charge in [-0.25, -0.2) is 13.2 Å². The van der Waals surface area contributed by atoms with Crippen LogP contribution in [0.3, 0.4) is 0 Å². The molecule has 3 rings (SSSR count). The largest absolute Gasteiger partial charge is 0.385 e. The van der Waals surface area contributed by atoms with E-state index in [9.17, 15) is 23.1 Å². The van der Waals surface area contributed by atoms with Crippen molar-refractivity contribution >= 4 is 39.9 Å². The molecule has 0 spiro atoms. The number of nitrogens with one attached hydrogen (secondary N) is 2. The van der Waals surface area contributed by atoms with Crippen LogP contribution in [0.25, 0.3) is 0 Å². The maximum atomic E-state index is 14.6. The van der Waals surface area contributed by atoms with Crippen LogP contribution >= 0.6 is 22.6 Å². The van der Waals surface area contributed by atoms with Crippen LogP contribution in [0, 0.1) is 21.0 Å². The maximum absolute atomic E-state index is 14.6. The minimum absolute atomic E-state index is 0.0341. The van der Waals surface area contributed by atoms with Crippen molar-refractivity contribution in [3.8, 4) is 0 Å². The zero-order valence-electron chi connectivity index (χ0n) is 17.7. The highest BCUT2D eigenvalue weighted by atomic mass is 127. The quantitative estimate of drug-likeness (QED) is 0.486. The summed E-state index contributed by atoms with van der Waals surface area (Å²) in [6, 6.07) is 5.94. The molecule has 1 fully saturated rings. The number of carbonyl (C=O) groups excluding carboxylic acids is 1. The van der Waals surface area contributed by atoms with Crippen LogP contribution in [0.15, 0.2) is 30.3 Å². The van der Waals surface area contributed by atoms with Crippen molar-refractivity contribution in [1.82, 2.24) is 10.2 Å². The molecule has 0 bridgehead atoms. The second-order valence-corrected chi connectivity index (χ2v) is 10.2. The van der Waals surface area contributed by atoms with E-state index in [2.05, 4.69) is 10.6 Å². The lowest BCUT2D eigenvalue weighted by atomic mass is 9.85. The number of halogens is 4. The van der Waals surface area contributed by atoms with Gasteiger partial charge in [0, 0.05) is 15.2 Å². The van der Waals surface area contributed by atoms with Crippen molar-refractivity contribution in [2.45, 2.75) is 44.9 Å². The average Bonchev–Trinajstić information content (AvgIpc) is 2.63. The molecule has 0 aliphatic carbocycles. The number of amides is 1. The standard InChI is InChI=1S/C22H25F3IN3O2/c1-12(28-21(2,3)4)22(31)10-29(11-22)20(30)14-6-7-15(23)18(25)19(14)27-17-8-5-13(26)9-16(17)24/h5-9,12,27-28,31H,10-11H2,1-4H3. The number of hydrogen-bond acceptors (Lipinski definition) is 4. The summed E-state index contributed by atoms with van der Waals surface area (Å²) in [6.07, 6.45) is 0. The highest BCUT2D eigenvalue weighted by Crippen LogP contribution is 2.33. The molecule has 3 N–H and O–H groups in total. The first kappa shape index (κ1) is 23.8. The van der Waals surface area contributed by atoms with Gasteiger partial charge < -0.3 is 20.6 Å². The highest BCUT2D eigenvalue weighted by Gasteiger charge is 2.48. The van der Waals surface area contributed by atoms with Gasteiger partial charge >= 0.3 is 0 Å². The molecule has 0 radical (unpaired) electrons. The molecule has 1 unspecified atom stereocenters. The first-order valence-electron chi connectivity index (χ1n) is 9.80. The van der Waals surface area contributed by atoms with Crippen molar-refractivity contribution in [1.29, 1.82) is 0 Å². The fourth-order valence-corrected chi connectivity index (χ4v) is 4.02. The van der Waals surface area contributed by atoms with Crippen LogP contribution in [0.2, 0.25) is 0 Å². The molecule has 168 valence electrons. The predicted molar refractivity (Wildman–Crippen MR) is 122 cm³/mol. The van der Waals surface area contributed by atoms with Crippen LogP contribution < -0.4 is 10.6 Å². The molecule has 2 aromatic rings. The SMILES string of the molecule is CC(NC(C)(C)C)C1(O)CN(C(=O)c2ccc(F)c(F)c2Nc2ccc(I)cc2F)C1. The molecular weight excluding hydrogens is 522 g/mol. The molecule has 1 aliphatic rings. The fourth-order valence-electron chi connectivity index (χ4n) is 3.56. The lowest BCUT2D eigenvalue weighted by molar-refractivity contribution is -0.104. The summed E-state index contributed by atoms with van der Waals surface area (Å²) in [5.41, 5.74) is -2.04. The molecule has 2 aromatic carbocycles. The minimum Gasteiger partial charge on any atom is -0.385 e. The van der Waals surface area contributed by atoms with Crippen molar-refractivity contribution in [3.63, 3.8) is 0 Å². The van der Waals surface area contributed by atoms with E-state index >= 15 is 0 Å². The van der Waals surface area contributed by atoms with Crippen molar-refractivity contribution < 1.29 is 23.1 Å². The Labute approximate surface area is 193 Å². The predicted octanol–water partition coefficient (Wildman–Crippen LogP) is 4.42. The summed E-state index contributed by atoms with van der Waals surface area (Å²) in [6.45, 7) is 7.81. The summed E-state index contributed by atoms with van der Waals surface area (Å²) >= 11 is 1.93. The molecule has 1 saturated heterocycles.